The van der Waals surface area contributed by atoms with Crippen LogP contribution in [-0.2, 0) is 9.53 Å². The molecular weight excluding hydrogens is 659 g/mol. The van der Waals surface area contributed by atoms with Crippen LogP contribution in [0.4, 0.5) is 0 Å². The second-order valence-electron chi connectivity index (χ2n) is 13.1. The summed E-state index contributed by atoms with van der Waals surface area (Å²) in [7, 11) is 3.11. The van der Waals surface area contributed by atoms with Crippen molar-refractivity contribution in [3.63, 3.8) is 0 Å². The first-order valence-corrected chi connectivity index (χ1v) is 18.4. The van der Waals surface area contributed by atoms with Crippen molar-refractivity contribution in [3.05, 3.63) is 138 Å². The van der Waals surface area contributed by atoms with E-state index in [9.17, 15) is 9.59 Å². The van der Waals surface area contributed by atoms with Gasteiger partial charge in [0.15, 0.2) is 16.3 Å². The highest BCUT2D eigenvalue weighted by Gasteiger charge is 2.37. The third-order valence-electron chi connectivity index (χ3n) is 10.1. The Morgan fingerprint density at radius 3 is 2.37 bits per heavy atom. The number of thiazole rings is 1. The fourth-order valence-corrected chi connectivity index (χ4v) is 8.66. The molecule has 0 spiro atoms. The van der Waals surface area contributed by atoms with E-state index in [0.717, 1.165) is 28.2 Å². The molecule has 3 aromatic carbocycles. The number of esters is 1. The van der Waals surface area contributed by atoms with E-state index in [4.69, 9.17) is 19.2 Å². The summed E-state index contributed by atoms with van der Waals surface area (Å²) in [4.78, 5) is 34.0. The molecule has 1 fully saturated rings. The predicted octanol–water partition coefficient (Wildman–Crippen LogP) is 7.41. The molecule has 5 aromatic rings. The van der Waals surface area contributed by atoms with Gasteiger partial charge in [0.1, 0.15) is 6.04 Å². The van der Waals surface area contributed by atoms with Crippen molar-refractivity contribution in [2.45, 2.75) is 64.8 Å². The number of nitrogens with zero attached hydrogens (tertiary/aromatic N) is 3. The molecule has 8 nitrogen and oxygen atoms in total. The van der Waals surface area contributed by atoms with Gasteiger partial charge in [0.25, 0.3) is 5.56 Å². The number of carbonyl (C=O) groups is 1. The number of hydrogen-bond acceptors (Lipinski definition) is 7. The molecule has 1 atom stereocenters. The maximum absolute atomic E-state index is 14.6. The summed E-state index contributed by atoms with van der Waals surface area (Å²) in [5, 5.41) is 0. The summed E-state index contributed by atoms with van der Waals surface area (Å²) in [6.45, 7) is 6.10. The van der Waals surface area contributed by atoms with Crippen molar-refractivity contribution in [3.8, 4) is 17.2 Å². The zero-order chi connectivity index (χ0) is 35.6. The van der Waals surface area contributed by atoms with Crippen molar-refractivity contribution < 1.29 is 19.0 Å². The van der Waals surface area contributed by atoms with Crippen molar-refractivity contribution in [2.75, 3.05) is 20.8 Å². The van der Waals surface area contributed by atoms with E-state index < -0.39 is 12.0 Å². The molecule has 51 heavy (non-hydrogen) atoms. The van der Waals surface area contributed by atoms with Crippen LogP contribution in [0.3, 0.4) is 0 Å². The quantitative estimate of drug-likeness (QED) is 0.150. The number of fused-ring (bicyclic) bond motifs is 1. The van der Waals surface area contributed by atoms with E-state index in [0.29, 0.717) is 38.0 Å². The maximum Gasteiger partial charge on any atom is 0.338 e. The Balaban J connectivity index is 1.40. The minimum Gasteiger partial charge on any atom is -0.493 e. The number of para-hydroxylation sites is 1. The van der Waals surface area contributed by atoms with Gasteiger partial charge in [-0.3, -0.25) is 9.36 Å². The number of ether oxygens (including phenoxy) is 3. The first-order chi connectivity index (χ1) is 24.8. The fraction of sp³-hybridized carbons (Fsp3) is 0.310. The van der Waals surface area contributed by atoms with Crippen LogP contribution in [0.5, 0.6) is 11.5 Å². The van der Waals surface area contributed by atoms with E-state index in [1.54, 1.807) is 31.8 Å². The van der Waals surface area contributed by atoms with Gasteiger partial charge in [-0.05, 0) is 81.0 Å². The van der Waals surface area contributed by atoms with Crippen LogP contribution in [0.1, 0.15) is 84.6 Å². The maximum atomic E-state index is 14.6. The molecule has 0 unspecified atom stereocenters. The Morgan fingerprint density at radius 1 is 0.941 bits per heavy atom. The largest absolute Gasteiger partial charge is 0.493 e. The predicted molar refractivity (Wildman–Crippen MR) is 202 cm³/mol. The molecule has 1 saturated carbocycles. The van der Waals surface area contributed by atoms with Crippen molar-refractivity contribution in [2.24, 2.45) is 4.99 Å². The van der Waals surface area contributed by atoms with Crippen LogP contribution < -0.4 is 24.4 Å². The summed E-state index contributed by atoms with van der Waals surface area (Å²) in [6.07, 6.45) is 8.43. The SMILES string of the molecule is CCOC(=O)C1=C(c2ccccc2)N=c2s/c(=C\c3cc(C)n(-c4ccc(C5CCCCC5)cc4)c3C)c(=O)n2[C@H]1c1cccc(OC)c1OC. The fourth-order valence-electron chi connectivity index (χ4n) is 7.67. The number of benzene rings is 3. The van der Waals surface area contributed by atoms with Gasteiger partial charge in [0, 0.05) is 28.2 Å². The lowest BCUT2D eigenvalue weighted by Crippen LogP contribution is -2.40. The molecule has 2 aromatic heterocycles. The third-order valence-corrected chi connectivity index (χ3v) is 11.1. The number of methoxy groups -OCH3 is 2. The Morgan fingerprint density at radius 2 is 1.69 bits per heavy atom. The average Bonchev–Trinajstić information content (AvgIpc) is 3.63. The van der Waals surface area contributed by atoms with Crippen LogP contribution in [0.25, 0.3) is 17.5 Å². The Kier molecular flexibility index (Phi) is 9.82. The molecule has 7 rings (SSSR count). The molecule has 3 heterocycles. The highest BCUT2D eigenvalue weighted by atomic mass is 32.1. The molecule has 0 N–H and O–H groups in total. The van der Waals surface area contributed by atoms with E-state index in [-0.39, 0.29) is 17.7 Å². The van der Waals surface area contributed by atoms with Crippen LogP contribution >= 0.6 is 11.3 Å². The van der Waals surface area contributed by atoms with E-state index in [2.05, 4.69) is 48.7 Å². The molecule has 1 aliphatic heterocycles. The molecule has 0 saturated heterocycles. The van der Waals surface area contributed by atoms with E-state index >= 15 is 0 Å². The van der Waals surface area contributed by atoms with Crippen LogP contribution in [-0.4, -0.2) is 35.9 Å². The van der Waals surface area contributed by atoms with Gasteiger partial charge in [-0.15, -0.1) is 0 Å². The Bertz CT molecular complexity index is 2290. The lowest BCUT2D eigenvalue weighted by Gasteiger charge is -2.27. The second-order valence-corrected chi connectivity index (χ2v) is 14.1. The summed E-state index contributed by atoms with van der Waals surface area (Å²) in [5.74, 6) is 1.00. The van der Waals surface area contributed by atoms with Crippen molar-refractivity contribution >= 4 is 29.1 Å². The second kappa shape index (κ2) is 14.6. The van der Waals surface area contributed by atoms with Gasteiger partial charge in [0.05, 0.1) is 36.6 Å². The topological polar surface area (TPSA) is 84.1 Å². The minimum atomic E-state index is -0.891. The molecule has 262 valence electrons. The van der Waals surface area contributed by atoms with Gasteiger partial charge >= 0.3 is 5.97 Å². The summed E-state index contributed by atoms with van der Waals surface area (Å²) in [5.41, 5.74) is 7.34. The summed E-state index contributed by atoms with van der Waals surface area (Å²) >= 11 is 1.30. The van der Waals surface area contributed by atoms with Gasteiger partial charge in [-0.25, -0.2) is 9.79 Å². The number of hydrogen-bond donors (Lipinski definition) is 0. The number of aromatic nitrogens is 2. The molecule has 0 radical (unpaired) electrons. The number of rotatable bonds is 9. The normalized spacial score (nSPS) is 16.5. The van der Waals surface area contributed by atoms with Gasteiger partial charge in [0.2, 0.25) is 0 Å². The minimum absolute atomic E-state index is 0.162. The molecule has 0 amide bonds. The van der Waals surface area contributed by atoms with Crippen LogP contribution in [0, 0.1) is 13.8 Å². The highest BCUT2D eigenvalue weighted by Crippen LogP contribution is 2.42. The Hall–Kier alpha value is -5.15. The van der Waals surface area contributed by atoms with Gasteiger partial charge in [-0.1, -0.05) is 85.2 Å². The molecule has 0 bridgehead atoms. The average molecular weight is 702 g/mol. The van der Waals surface area contributed by atoms with Crippen molar-refractivity contribution in [1.29, 1.82) is 0 Å². The molecule has 1 aliphatic carbocycles. The number of aryl methyl sites for hydroxylation is 1. The summed E-state index contributed by atoms with van der Waals surface area (Å²) in [6, 6.07) is 25.2. The lowest BCUT2D eigenvalue weighted by atomic mass is 9.84. The first kappa shape index (κ1) is 34.3. The first-order valence-electron chi connectivity index (χ1n) is 17.6. The smallest absolute Gasteiger partial charge is 0.338 e. The monoisotopic (exact) mass is 701 g/mol. The van der Waals surface area contributed by atoms with Gasteiger partial charge in [-0.2, -0.15) is 0 Å². The standard InChI is InChI=1S/C42H43N3O5S/c1-6-50-41(47)36-37(30-16-11-8-12-17-30)43-42-45(38(36)33-18-13-19-34(48-4)39(33)49-5)40(46)35(51-42)25-31-24-26(2)44(27(31)3)32-22-20-29(21-23-32)28-14-9-7-10-15-28/h8,11-13,16-25,28,38H,6-7,9-10,14-15H2,1-5H3/b35-25-/t38-/m0/s1. The molecule has 9 heteroatoms. The zero-order valence-electron chi connectivity index (χ0n) is 29.8. The molecule has 2 aliphatic rings. The zero-order valence-corrected chi connectivity index (χ0v) is 30.6. The van der Waals surface area contributed by atoms with Gasteiger partial charge < -0.3 is 18.8 Å². The summed E-state index contributed by atoms with van der Waals surface area (Å²) < 4.78 is 21.5. The van der Waals surface area contributed by atoms with Crippen molar-refractivity contribution in [1.82, 2.24) is 9.13 Å². The highest BCUT2D eigenvalue weighted by molar-refractivity contribution is 7.07. The number of carbonyl (C=O) groups excluding carboxylic acids is 1. The van der Waals surface area contributed by atoms with Crippen LogP contribution in [0.15, 0.2) is 94.2 Å². The molecular formula is C42H43N3O5S. The van der Waals surface area contributed by atoms with Crippen LogP contribution in [0.2, 0.25) is 0 Å². The Labute approximate surface area is 302 Å². The lowest BCUT2D eigenvalue weighted by molar-refractivity contribution is -0.138. The van der Waals surface area contributed by atoms with E-state index in [1.165, 1.54) is 49.0 Å². The van der Waals surface area contributed by atoms with E-state index in [1.807, 2.05) is 48.5 Å². The third kappa shape index (κ3) is 6.35.